The van der Waals surface area contributed by atoms with Gasteiger partial charge in [0.05, 0.1) is 6.54 Å². The minimum Gasteiger partial charge on any atom is -0.444 e. The van der Waals surface area contributed by atoms with Crippen molar-refractivity contribution in [3.8, 4) is 0 Å². The maximum Gasteiger partial charge on any atom is 0.410 e. The van der Waals surface area contributed by atoms with Crippen LogP contribution >= 0.6 is 0 Å². The van der Waals surface area contributed by atoms with Crippen molar-refractivity contribution < 1.29 is 14.3 Å². The number of nitrogens with zero attached hydrogens (tertiary/aromatic N) is 2. The minimum absolute atomic E-state index is 0.148. The lowest BCUT2D eigenvalue weighted by Crippen LogP contribution is -2.40. The second-order valence-corrected chi connectivity index (χ2v) is 7.64. The quantitative estimate of drug-likeness (QED) is 0.869. The topological polar surface area (TPSA) is 87.3 Å². The van der Waals surface area contributed by atoms with Gasteiger partial charge in [0, 0.05) is 30.3 Å². The molecular weight excluding hydrogens is 308 g/mol. The van der Waals surface area contributed by atoms with Gasteiger partial charge < -0.3 is 15.0 Å². The Morgan fingerprint density at radius 3 is 2.67 bits per heavy atom. The molecule has 7 heteroatoms. The van der Waals surface area contributed by atoms with E-state index in [1.165, 1.54) is 0 Å². The molecule has 0 aromatic carbocycles. The molecule has 132 valence electrons. The average molecular weight is 334 g/mol. The molecule has 0 bridgehead atoms. The van der Waals surface area contributed by atoms with Gasteiger partial charge in [0.1, 0.15) is 5.60 Å². The van der Waals surface area contributed by atoms with Gasteiger partial charge in [-0.2, -0.15) is 5.10 Å². The summed E-state index contributed by atoms with van der Waals surface area (Å²) in [6.45, 7) is 6.46. The predicted molar refractivity (Wildman–Crippen MR) is 88.7 cm³/mol. The zero-order valence-electron chi connectivity index (χ0n) is 14.6. The molecule has 2 amide bonds. The Bertz CT molecular complexity index is 626. The van der Waals surface area contributed by atoms with Gasteiger partial charge in [-0.3, -0.25) is 9.89 Å². The van der Waals surface area contributed by atoms with Crippen molar-refractivity contribution in [2.24, 2.45) is 0 Å². The predicted octanol–water partition coefficient (Wildman–Crippen LogP) is 2.38. The highest BCUT2D eigenvalue weighted by Gasteiger charge is 2.31. The van der Waals surface area contributed by atoms with Crippen LogP contribution in [0.5, 0.6) is 0 Å². The number of fused-ring (bicyclic) bond motifs is 1. The Kier molecular flexibility index (Phi) is 4.51. The molecule has 0 saturated heterocycles. The zero-order valence-corrected chi connectivity index (χ0v) is 14.6. The van der Waals surface area contributed by atoms with E-state index in [0.29, 0.717) is 25.2 Å². The number of rotatable bonds is 2. The molecule has 1 saturated carbocycles. The Balaban J connectivity index is 1.70. The van der Waals surface area contributed by atoms with Crippen LogP contribution in [0.3, 0.4) is 0 Å². The maximum atomic E-state index is 12.5. The second kappa shape index (κ2) is 6.45. The Morgan fingerprint density at radius 1 is 1.29 bits per heavy atom. The Labute approximate surface area is 142 Å². The normalized spacial score (nSPS) is 18.4. The van der Waals surface area contributed by atoms with Crippen LogP contribution in [0.25, 0.3) is 0 Å². The summed E-state index contributed by atoms with van der Waals surface area (Å²) in [5.41, 5.74) is 1.62. The summed E-state index contributed by atoms with van der Waals surface area (Å²) < 4.78 is 5.43. The highest BCUT2D eigenvalue weighted by Crippen LogP contribution is 2.23. The summed E-state index contributed by atoms with van der Waals surface area (Å²) in [4.78, 5) is 26.4. The van der Waals surface area contributed by atoms with E-state index in [0.717, 1.165) is 36.9 Å². The molecule has 24 heavy (non-hydrogen) atoms. The van der Waals surface area contributed by atoms with E-state index in [1.807, 2.05) is 20.8 Å². The third-order valence-electron chi connectivity index (χ3n) is 4.49. The molecule has 2 N–H and O–H groups in total. The van der Waals surface area contributed by atoms with Crippen molar-refractivity contribution in [3.63, 3.8) is 0 Å². The Morgan fingerprint density at radius 2 is 2.00 bits per heavy atom. The summed E-state index contributed by atoms with van der Waals surface area (Å²) >= 11 is 0. The van der Waals surface area contributed by atoms with Crippen molar-refractivity contribution in [3.05, 3.63) is 17.0 Å². The second-order valence-electron chi connectivity index (χ2n) is 7.64. The van der Waals surface area contributed by atoms with Crippen LogP contribution < -0.4 is 5.32 Å². The monoisotopic (exact) mass is 334 g/mol. The lowest BCUT2D eigenvalue weighted by atomic mass is 10.0. The number of carbonyl (C=O) groups excluding carboxylic acids is 2. The molecule has 0 atom stereocenters. The SMILES string of the molecule is CC(C)(C)OC(=O)N1CCc2[nH]nc(C(=O)NC3CCCC3)c2C1. The largest absolute Gasteiger partial charge is 0.444 e. The van der Waals surface area contributed by atoms with Gasteiger partial charge in [0.25, 0.3) is 5.91 Å². The zero-order chi connectivity index (χ0) is 17.3. The molecule has 1 aliphatic heterocycles. The van der Waals surface area contributed by atoms with Crippen LogP contribution in [0.15, 0.2) is 0 Å². The molecule has 0 unspecified atom stereocenters. The molecule has 1 aliphatic carbocycles. The molecule has 3 rings (SSSR count). The molecule has 2 heterocycles. The van der Waals surface area contributed by atoms with Crippen LogP contribution in [0.1, 0.15) is 68.2 Å². The van der Waals surface area contributed by atoms with E-state index in [9.17, 15) is 9.59 Å². The van der Waals surface area contributed by atoms with E-state index in [2.05, 4.69) is 15.5 Å². The number of aromatic nitrogens is 2. The molecule has 7 nitrogen and oxygen atoms in total. The number of nitrogens with one attached hydrogen (secondary N) is 2. The maximum absolute atomic E-state index is 12.5. The first-order valence-electron chi connectivity index (χ1n) is 8.68. The first-order chi connectivity index (χ1) is 11.3. The third-order valence-corrected chi connectivity index (χ3v) is 4.49. The first kappa shape index (κ1) is 16.8. The van der Waals surface area contributed by atoms with E-state index in [-0.39, 0.29) is 18.0 Å². The van der Waals surface area contributed by atoms with Gasteiger partial charge in [0.15, 0.2) is 5.69 Å². The van der Waals surface area contributed by atoms with Gasteiger partial charge in [-0.25, -0.2) is 4.79 Å². The van der Waals surface area contributed by atoms with Gasteiger partial charge in [-0.1, -0.05) is 12.8 Å². The van der Waals surface area contributed by atoms with Crippen molar-refractivity contribution in [2.75, 3.05) is 6.54 Å². The van der Waals surface area contributed by atoms with E-state index >= 15 is 0 Å². The lowest BCUT2D eigenvalue weighted by Gasteiger charge is -2.30. The summed E-state index contributed by atoms with van der Waals surface area (Å²) in [7, 11) is 0. The number of hydrogen-bond donors (Lipinski definition) is 2. The molecule has 1 fully saturated rings. The van der Waals surface area contributed by atoms with E-state index in [1.54, 1.807) is 4.90 Å². The molecule has 0 radical (unpaired) electrons. The highest BCUT2D eigenvalue weighted by atomic mass is 16.6. The van der Waals surface area contributed by atoms with Crippen LogP contribution in [0.4, 0.5) is 4.79 Å². The van der Waals surface area contributed by atoms with Crippen molar-refractivity contribution in [1.82, 2.24) is 20.4 Å². The Hall–Kier alpha value is -2.05. The molecule has 0 spiro atoms. The number of hydrogen-bond acceptors (Lipinski definition) is 4. The van der Waals surface area contributed by atoms with Crippen LogP contribution in [-0.2, 0) is 17.7 Å². The van der Waals surface area contributed by atoms with Crippen LogP contribution in [0.2, 0.25) is 0 Å². The molecular formula is C17H26N4O3. The minimum atomic E-state index is -0.531. The smallest absolute Gasteiger partial charge is 0.410 e. The number of amides is 2. The fourth-order valence-corrected chi connectivity index (χ4v) is 3.29. The number of H-pyrrole nitrogens is 1. The molecule has 2 aliphatic rings. The van der Waals surface area contributed by atoms with Gasteiger partial charge >= 0.3 is 6.09 Å². The number of carbonyl (C=O) groups is 2. The summed E-state index contributed by atoms with van der Waals surface area (Å²) in [6.07, 6.45) is 4.69. The fourth-order valence-electron chi connectivity index (χ4n) is 3.29. The lowest BCUT2D eigenvalue weighted by molar-refractivity contribution is 0.0222. The van der Waals surface area contributed by atoms with Crippen LogP contribution in [-0.4, -0.2) is 45.3 Å². The van der Waals surface area contributed by atoms with Gasteiger partial charge in [0.2, 0.25) is 0 Å². The van der Waals surface area contributed by atoms with Crippen molar-refractivity contribution in [1.29, 1.82) is 0 Å². The standard InChI is InChI=1S/C17H26N4O3/c1-17(2,3)24-16(23)21-9-8-13-12(10-21)14(20-19-13)15(22)18-11-6-4-5-7-11/h11H,4-10H2,1-3H3,(H,18,22)(H,19,20). The highest BCUT2D eigenvalue weighted by molar-refractivity contribution is 5.94. The summed E-state index contributed by atoms with van der Waals surface area (Å²) in [5, 5.41) is 10.2. The fraction of sp³-hybridized carbons (Fsp3) is 0.706. The number of aromatic amines is 1. The van der Waals surface area contributed by atoms with Gasteiger partial charge in [-0.05, 0) is 33.6 Å². The van der Waals surface area contributed by atoms with E-state index in [4.69, 9.17) is 4.74 Å². The summed E-state index contributed by atoms with van der Waals surface area (Å²) in [6, 6.07) is 0.246. The van der Waals surface area contributed by atoms with Gasteiger partial charge in [-0.15, -0.1) is 0 Å². The summed E-state index contributed by atoms with van der Waals surface area (Å²) in [5.74, 6) is -0.148. The van der Waals surface area contributed by atoms with E-state index < -0.39 is 5.60 Å². The average Bonchev–Trinajstić information content (AvgIpc) is 3.13. The van der Waals surface area contributed by atoms with Crippen LogP contribution in [0, 0.1) is 0 Å². The van der Waals surface area contributed by atoms with Crippen molar-refractivity contribution in [2.45, 2.75) is 71.1 Å². The molecule has 1 aromatic rings. The third kappa shape index (κ3) is 3.71. The molecule has 1 aromatic heterocycles. The van der Waals surface area contributed by atoms with Crippen molar-refractivity contribution >= 4 is 12.0 Å². The number of ether oxygens (including phenoxy) is 1. The first-order valence-corrected chi connectivity index (χ1v) is 8.68.